The summed E-state index contributed by atoms with van der Waals surface area (Å²) in [7, 11) is -2.29. The molecule has 2 N–H and O–H groups in total. The highest BCUT2D eigenvalue weighted by atomic mass is 32.2. The van der Waals surface area contributed by atoms with E-state index in [-0.39, 0.29) is 16.8 Å². The van der Waals surface area contributed by atoms with Gasteiger partial charge in [-0.2, -0.15) is 0 Å². The van der Waals surface area contributed by atoms with Crippen molar-refractivity contribution in [1.82, 2.24) is 9.97 Å². The lowest BCUT2D eigenvalue weighted by Crippen LogP contribution is -2.16. The molecule has 0 atom stereocenters. The molecule has 1 heterocycles. The van der Waals surface area contributed by atoms with Gasteiger partial charge in [-0.25, -0.2) is 23.1 Å². The first-order valence-electron chi connectivity index (χ1n) is 9.34. The number of sulfonamides is 1. The minimum Gasteiger partial charge on any atom is -0.496 e. The van der Waals surface area contributed by atoms with Gasteiger partial charge in [-0.1, -0.05) is 6.08 Å². The second-order valence-corrected chi connectivity index (χ2v) is 8.31. The van der Waals surface area contributed by atoms with E-state index < -0.39 is 10.0 Å². The van der Waals surface area contributed by atoms with E-state index in [0.717, 1.165) is 5.56 Å². The summed E-state index contributed by atoms with van der Waals surface area (Å²) in [5.74, 6) is 0.346. The number of aryl methyl sites for hydroxylation is 1. The van der Waals surface area contributed by atoms with E-state index in [1.807, 2.05) is 0 Å². The zero-order chi connectivity index (χ0) is 22.4. The van der Waals surface area contributed by atoms with Gasteiger partial charge in [-0.15, -0.1) is 6.58 Å². The van der Waals surface area contributed by atoms with Gasteiger partial charge in [0.1, 0.15) is 5.75 Å². The fourth-order valence-electron chi connectivity index (χ4n) is 2.83. The Labute approximate surface area is 181 Å². The van der Waals surface area contributed by atoms with E-state index in [1.54, 1.807) is 44.4 Å². The van der Waals surface area contributed by atoms with Crippen LogP contribution in [0.3, 0.4) is 0 Å². The van der Waals surface area contributed by atoms with Gasteiger partial charge in [0, 0.05) is 23.1 Å². The molecule has 0 fully saturated rings. The lowest BCUT2D eigenvalue weighted by atomic mass is 10.1. The summed E-state index contributed by atoms with van der Waals surface area (Å²) >= 11 is 0. The summed E-state index contributed by atoms with van der Waals surface area (Å²) in [6, 6.07) is 12.6. The fourth-order valence-corrected chi connectivity index (χ4v) is 3.78. The molecule has 2 aromatic carbocycles. The number of ether oxygens (including phenoxy) is 1. The van der Waals surface area contributed by atoms with Gasteiger partial charge >= 0.3 is 0 Å². The molecule has 0 aliphatic carbocycles. The maximum Gasteiger partial charge on any atom is 0.264 e. The number of carbonyl (C=O) groups excluding carboxylic acids is 1. The van der Waals surface area contributed by atoms with E-state index in [4.69, 9.17) is 4.74 Å². The monoisotopic (exact) mass is 438 g/mol. The smallest absolute Gasteiger partial charge is 0.264 e. The Morgan fingerprint density at radius 2 is 1.90 bits per heavy atom. The second-order valence-electron chi connectivity index (χ2n) is 6.63. The number of carbonyl (C=O) groups is 1. The normalized spacial score (nSPS) is 10.9. The van der Waals surface area contributed by atoms with Crippen molar-refractivity contribution < 1.29 is 17.9 Å². The molecule has 0 saturated carbocycles. The van der Waals surface area contributed by atoms with Gasteiger partial charge in [-0.3, -0.25) is 4.79 Å². The second kappa shape index (κ2) is 9.40. The summed E-state index contributed by atoms with van der Waals surface area (Å²) in [4.78, 5) is 20.6. The number of nitrogens with zero attached hydrogens (tertiary/aromatic N) is 2. The molecule has 3 aromatic rings. The Kier molecular flexibility index (Phi) is 6.66. The van der Waals surface area contributed by atoms with Crippen molar-refractivity contribution in [3.8, 4) is 5.75 Å². The number of hydrogen-bond acceptors (Lipinski definition) is 6. The number of methoxy groups -OCH3 is 1. The minimum atomic E-state index is -3.86. The molecular weight excluding hydrogens is 416 g/mol. The van der Waals surface area contributed by atoms with Crippen LogP contribution in [0.25, 0.3) is 0 Å². The average molecular weight is 439 g/mol. The lowest BCUT2D eigenvalue weighted by molar-refractivity contribution is 0.102. The minimum absolute atomic E-state index is 0.00721. The van der Waals surface area contributed by atoms with E-state index in [9.17, 15) is 13.2 Å². The molecule has 8 nitrogen and oxygen atoms in total. The SMILES string of the molecule is C=CCc1cc(C(=O)Nc2ccc(S(=O)(=O)Nc3nccc(C)n3)cc2)ccc1OC. The van der Waals surface area contributed by atoms with Crippen LogP contribution in [0.15, 0.2) is 72.3 Å². The zero-order valence-electron chi connectivity index (χ0n) is 17.1. The van der Waals surface area contributed by atoms with Crippen LogP contribution in [0.2, 0.25) is 0 Å². The Morgan fingerprint density at radius 1 is 1.16 bits per heavy atom. The zero-order valence-corrected chi connectivity index (χ0v) is 17.9. The molecule has 0 spiro atoms. The first-order valence-corrected chi connectivity index (χ1v) is 10.8. The number of amides is 1. The van der Waals surface area contributed by atoms with E-state index in [0.29, 0.717) is 29.1 Å². The molecule has 1 amide bonds. The molecule has 160 valence electrons. The number of benzene rings is 2. The molecule has 0 bridgehead atoms. The van der Waals surface area contributed by atoms with Crippen molar-refractivity contribution in [2.45, 2.75) is 18.2 Å². The molecule has 31 heavy (non-hydrogen) atoms. The number of hydrogen-bond donors (Lipinski definition) is 2. The highest BCUT2D eigenvalue weighted by Gasteiger charge is 2.16. The van der Waals surface area contributed by atoms with Crippen LogP contribution < -0.4 is 14.8 Å². The van der Waals surface area contributed by atoms with Crippen LogP contribution >= 0.6 is 0 Å². The number of rotatable bonds is 8. The van der Waals surface area contributed by atoms with Crippen LogP contribution in [0, 0.1) is 6.92 Å². The maximum atomic E-state index is 12.6. The first-order chi connectivity index (χ1) is 14.8. The third-order valence-corrected chi connectivity index (χ3v) is 5.69. The molecule has 0 aliphatic rings. The van der Waals surface area contributed by atoms with Gasteiger partial charge in [0.15, 0.2) is 0 Å². The van der Waals surface area contributed by atoms with Crippen LogP contribution in [0.5, 0.6) is 5.75 Å². The first kappa shape index (κ1) is 22.0. The number of anilines is 2. The van der Waals surface area contributed by atoms with Gasteiger partial charge in [0.05, 0.1) is 12.0 Å². The van der Waals surface area contributed by atoms with E-state index in [2.05, 4.69) is 26.6 Å². The molecule has 0 unspecified atom stereocenters. The lowest BCUT2D eigenvalue weighted by Gasteiger charge is -2.11. The summed E-state index contributed by atoms with van der Waals surface area (Å²) in [6.45, 7) is 5.45. The molecule has 0 radical (unpaired) electrons. The summed E-state index contributed by atoms with van der Waals surface area (Å²) < 4.78 is 32.7. The van der Waals surface area contributed by atoms with Gasteiger partial charge in [-0.05, 0) is 67.4 Å². The predicted molar refractivity (Wildman–Crippen MR) is 119 cm³/mol. The van der Waals surface area contributed by atoms with Gasteiger partial charge < -0.3 is 10.1 Å². The summed E-state index contributed by atoms with van der Waals surface area (Å²) in [5.41, 5.74) is 2.39. The predicted octanol–water partition coefficient (Wildman–Crippen LogP) is 3.58. The Bertz CT molecular complexity index is 1210. The molecular formula is C22H22N4O4S. The van der Waals surface area contributed by atoms with Crippen LogP contribution in [0.4, 0.5) is 11.6 Å². The van der Waals surface area contributed by atoms with Crippen molar-refractivity contribution in [1.29, 1.82) is 0 Å². The van der Waals surface area contributed by atoms with Crippen molar-refractivity contribution in [3.63, 3.8) is 0 Å². The third kappa shape index (κ3) is 5.46. The van der Waals surface area contributed by atoms with Crippen molar-refractivity contribution in [2.75, 3.05) is 17.1 Å². The summed E-state index contributed by atoms with van der Waals surface area (Å²) in [6.07, 6.45) is 3.77. The highest BCUT2D eigenvalue weighted by molar-refractivity contribution is 7.92. The standard InChI is InChI=1S/C22H22N4O4S/c1-4-5-16-14-17(6-11-20(16)30-3)21(27)25-18-7-9-19(10-8-18)31(28,29)26-22-23-13-12-15(2)24-22/h4,6-14H,1,5H2,2-3H3,(H,25,27)(H,23,24,26). The van der Waals surface area contributed by atoms with Crippen molar-refractivity contribution in [3.05, 3.63) is 84.2 Å². The highest BCUT2D eigenvalue weighted by Crippen LogP contribution is 2.22. The number of allylic oxidation sites excluding steroid dienone is 1. The van der Waals surface area contributed by atoms with Crippen molar-refractivity contribution >= 4 is 27.6 Å². The quantitative estimate of drug-likeness (QED) is 0.520. The van der Waals surface area contributed by atoms with E-state index in [1.165, 1.54) is 30.5 Å². The van der Waals surface area contributed by atoms with E-state index >= 15 is 0 Å². The Morgan fingerprint density at radius 3 is 2.55 bits per heavy atom. The van der Waals surface area contributed by atoms with Crippen LogP contribution in [-0.4, -0.2) is 31.4 Å². The third-order valence-electron chi connectivity index (χ3n) is 4.35. The molecule has 3 rings (SSSR count). The number of aromatic nitrogens is 2. The Hall–Kier alpha value is -3.72. The topological polar surface area (TPSA) is 110 Å². The molecule has 9 heteroatoms. The Balaban J connectivity index is 1.73. The largest absolute Gasteiger partial charge is 0.496 e. The van der Waals surface area contributed by atoms with Gasteiger partial charge in [0.2, 0.25) is 5.95 Å². The maximum absolute atomic E-state index is 12.6. The van der Waals surface area contributed by atoms with Crippen LogP contribution in [0.1, 0.15) is 21.6 Å². The summed E-state index contributed by atoms with van der Waals surface area (Å²) in [5, 5.41) is 2.76. The molecule has 1 aromatic heterocycles. The fraction of sp³-hybridized carbons (Fsp3) is 0.136. The van der Waals surface area contributed by atoms with Crippen molar-refractivity contribution in [2.24, 2.45) is 0 Å². The molecule has 0 saturated heterocycles. The number of nitrogens with one attached hydrogen (secondary N) is 2. The van der Waals surface area contributed by atoms with Crippen LogP contribution in [-0.2, 0) is 16.4 Å². The molecule has 0 aliphatic heterocycles. The van der Waals surface area contributed by atoms with Gasteiger partial charge in [0.25, 0.3) is 15.9 Å². The average Bonchev–Trinajstić information content (AvgIpc) is 2.74.